The summed E-state index contributed by atoms with van der Waals surface area (Å²) >= 11 is 12.6. The molecule has 2 aromatic carbocycles. The minimum absolute atomic E-state index is 0.0539. The van der Waals surface area contributed by atoms with Gasteiger partial charge < -0.3 is 26.7 Å². The maximum atomic E-state index is 9.94. The summed E-state index contributed by atoms with van der Waals surface area (Å²) in [7, 11) is 0. The highest BCUT2D eigenvalue weighted by atomic mass is 35.5. The van der Waals surface area contributed by atoms with Crippen LogP contribution in [0.3, 0.4) is 0 Å². The lowest BCUT2D eigenvalue weighted by Crippen LogP contribution is -2.00. The van der Waals surface area contributed by atoms with Crippen LogP contribution in [0, 0.1) is 5.41 Å². The summed E-state index contributed by atoms with van der Waals surface area (Å²) in [6.07, 6.45) is 3.21. The van der Waals surface area contributed by atoms with E-state index in [0.29, 0.717) is 40.1 Å². The Hall–Kier alpha value is -2.70. The molecule has 0 saturated heterocycles. The number of nitrogens with one attached hydrogen (secondary N) is 1. The number of phenolic OH excluding ortho intramolecular Hbond substituents is 1. The number of amides is 1. The Bertz CT molecular complexity index is 816. The van der Waals surface area contributed by atoms with Crippen LogP contribution in [0.15, 0.2) is 36.4 Å². The lowest BCUT2D eigenvalue weighted by Gasteiger charge is -2.12. The molecule has 8 heteroatoms. The van der Waals surface area contributed by atoms with Crippen LogP contribution < -0.4 is 16.2 Å². The van der Waals surface area contributed by atoms with E-state index in [4.69, 9.17) is 43.9 Å². The molecule has 1 amide bonds. The molecular weight excluding hydrogens is 389 g/mol. The third-order valence-electron chi connectivity index (χ3n) is 3.44. The van der Waals surface area contributed by atoms with Gasteiger partial charge in [0.15, 0.2) is 0 Å². The first-order valence-electron chi connectivity index (χ1n) is 7.92. The predicted octanol–water partition coefficient (Wildman–Crippen LogP) is 3.74. The van der Waals surface area contributed by atoms with Crippen molar-refractivity contribution < 1.29 is 14.6 Å². The fourth-order valence-corrected chi connectivity index (χ4v) is 2.91. The molecule has 0 aliphatic heterocycles. The number of hydrogen-bond donors (Lipinski definition) is 4. The Kier molecular flexibility index (Phi) is 9.19. The standard InChI is InChI=1S/C18H18Cl2N2O2.CH3NO/c1-2-24-12-9-15(19)13(16(20)10-12)7-11-3-4-18(23)14(8-11)17(22)5-6-21;2-1-3/h3-6,8-10,21,23H,2,7,22H2,1H3;1H,(H2,2,3)/b17-5-,21-6?;. The summed E-state index contributed by atoms with van der Waals surface area (Å²) in [6.45, 7) is 2.42. The molecule has 0 fully saturated rings. The zero-order chi connectivity index (χ0) is 20.4. The van der Waals surface area contributed by atoms with E-state index in [1.807, 2.05) is 6.92 Å². The number of halogens is 2. The number of aromatic hydroxyl groups is 1. The van der Waals surface area contributed by atoms with Crippen molar-refractivity contribution in [3.05, 3.63) is 63.1 Å². The van der Waals surface area contributed by atoms with Crippen LogP contribution in [-0.4, -0.2) is 24.3 Å². The van der Waals surface area contributed by atoms with Crippen molar-refractivity contribution in [2.24, 2.45) is 11.5 Å². The molecular formula is C19H21Cl2N3O3. The quantitative estimate of drug-likeness (QED) is 0.428. The number of carbonyl (C=O) groups excluding carboxylic acids is 1. The number of benzene rings is 2. The monoisotopic (exact) mass is 409 g/mol. The van der Waals surface area contributed by atoms with Crippen molar-refractivity contribution in [3.8, 4) is 11.5 Å². The highest BCUT2D eigenvalue weighted by Gasteiger charge is 2.12. The van der Waals surface area contributed by atoms with Gasteiger partial charge in [0.25, 0.3) is 0 Å². The van der Waals surface area contributed by atoms with Crippen molar-refractivity contribution in [3.63, 3.8) is 0 Å². The minimum Gasteiger partial charge on any atom is -0.507 e. The van der Waals surface area contributed by atoms with Crippen LogP contribution in [0.25, 0.3) is 5.70 Å². The molecule has 0 aliphatic rings. The number of carbonyl (C=O) groups is 1. The molecule has 6 N–H and O–H groups in total. The number of allylic oxidation sites excluding steroid dienone is 1. The second-order valence-corrected chi connectivity index (χ2v) is 6.07. The van der Waals surface area contributed by atoms with Gasteiger partial charge in [-0.3, -0.25) is 4.79 Å². The molecule has 0 saturated carbocycles. The highest BCUT2D eigenvalue weighted by molar-refractivity contribution is 6.36. The maximum Gasteiger partial charge on any atom is 0.204 e. The first kappa shape index (κ1) is 22.3. The SMILES string of the molecule is CCOc1cc(Cl)c(Cc2ccc(O)c(/C(N)=C/C=N)c2)c(Cl)c1.NC=O. The molecule has 0 aromatic heterocycles. The fourth-order valence-electron chi connectivity index (χ4n) is 2.31. The third-order valence-corrected chi connectivity index (χ3v) is 4.12. The highest BCUT2D eigenvalue weighted by Crippen LogP contribution is 2.33. The second kappa shape index (κ2) is 11.1. The Morgan fingerprint density at radius 3 is 2.37 bits per heavy atom. The van der Waals surface area contributed by atoms with Gasteiger partial charge in [-0.2, -0.15) is 0 Å². The fraction of sp³-hybridized carbons (Fsp3) is 0.158. The van der Waals surface area contributed by atoms with Crippen molar-refractivity contribution in [1.82, 2.24) is 0 Å². The largest absolute Gasteiger partial charge is 0.507 e. The Morgan fingerprint density at radius 1 is 1.26 bits per heavy atom. The lowest BCUT2D eigenvalue weighted by molar-refractivity contribution is -0.106. The van der Waals surface area contributed by atoms with Crippen molar-refractivity contribution in [1.29, 1.82) is 5.41 Å². The molecule has 2 aromatic rings. The van der Waals surface area contributed by atoms with E-state index in [9.17, 15) is 5.11 Å². The number of nitrogens with two attached hydrogens (primary N) is 2. The van der Waals surface area contributed by atoms with Crippen LogP contribution in [-0.2, 0) is 11.2 Å². The van der Waals surface area contributed by atoms with E-state index >= 15 is 0 Å². The van der Waals surface area contributed by atoms with Crippen molar-refractivity contribution in [2.75, 3.05) is 6.61 Å². The normalized spacial score (nSPS) is 10.6. The number of primary amides is 1. The second-order valence-electron chi connectivity index (χ2n) is 5.25. The topological polar surface area (TPSA) is 122 Å². The van der Waals surface area contributed by atoms with Gasteiger partial charge in [0.1, 0.15) is 11.5 Å². The van der Waals surface area contributed by atoms with E-state index < -0.39 is 0 Å². The molecule has 0 unspecified atom stereocenters. The predicted molar refractivity (Wildman–Crippen MR) is 110 cm³/mol. The summed E-state index contributed by atoms with van der Waals surface area (Å²) in [5.41, 5.74) is 12.5. The summed E-state index contributed by atoms with van der Waals surface area (Å²) < 4.78 is 5.42. The molecule has 0 radical (unpaired) electrons. The summed E-state index contributed by atoms with van der Waals surface area (Å²) in [5.74, 6) is 0.680. The number of rotatable bonds is 6. The average molecular weight is 410 g/mol. The van der Waals surface area contributed by atoms with E-state index in [2.05, 4.69) is 5.73 Å². The van der Waals surface area contributed by atoms with Crippen LogP contribution in [0.4, 0.5) is 0 Å². The van der Waals surface area contributed by atoms with E-state index in [1.165, 1.54) is 6.08 Å². The van der Waals surface area contributed by atoms with Crippen molar-refractivity contribution in [2.45, 2.75) is 13.3 Å². The third kappa shape index (κ3) is 6.51. The van der Waals surface area contributed by atoms with Gasteiger partial charge in [0.05, 0.1) is 6.61 Å². The average Bonchev–Trinajstić information content (AvgIpc) is 2.60. The van der Waals surface area contributed by atoms with Gasteiger partial charge in [-0.1, -0.05) is 29.3 Å². The zero-order valence-electron chi connectivity index (χ0n) is 14.7. The maximum absolute atomic E-state index is 9.94. The van der Waals surface area contributed by atoms with Gasteiger partial charge in [0.2, 0.25) is 6.41 Å². The molecule has 0 aliphatic carbocycles. The Balaban J connectivity index is 0.00000114. The summed E-state index contributed by atoms with van der Waals surface area (Å²) in [5, 5.41) is 18.1. The summed E-state index contributed by atoms with van der Waals surface area (Å²) in [6, 6.07) is 8.56. The molecule has 144 valence electrons. The molecule has 27 heavy (non-hydrogen) atoms. The van der Waals surface area contributed by atoms with Gasteiger partial charge >= 0.3 is 0 Å². The molecule has 0 atom stereocenters. The molecule has 0 bridgehead atoms. The van der Waals surface area contributed by atoms with Crippen LogP contribution >= 0.6 is 23.2 Å². The number of hydrogen-bond acceptors (Lipinski definition) is 5. The molecule has 0 spiro atoms. The first-order valence-corrected chi connectivity index (χ1v) is 8.68. The smallest absolute Gasteiger partial charge is 0.204 e. The zero-order valence-corrected chi connectivity index (χ0v) is 16.2. The Labute approximate surface area is 167 Å². The minimum atomic E-state index is 0.0539. The number of phenols is 1. The molecule has 0 heterocycles. The van der Waals surface area contributed by atoms with Gasteiger partial charge in [-0.25, -0.2) is 0 Å². The molecule has 6 nitrogen and oxygen atoms in total. The van der Waals surface area contributed by atoms with Crippen LogP contribution in [0.1, 0.15) is 23.6 Å². The molecule has 2 rings (SSSR count). The van der Waals surface area contributed by atoms with E-state index in [-0.39, 0.29) is 12.2 Å². The van der Waals surface area contributed by atoms with Gasteiger partial charge in [0, 0.05) is 33.9 Å². The lowest BCUT2D eigenvalue weighted by atomic mass is 10.0. The Morgan fingerprint density at radius 2 is 1.85 bits per heavy atom. The van der Waals surface area contributed by atoms with E-state index in [0.717, 1.165) is 17.3 Å². The number of ether oxygens (including phenoxy) is 1. The van der Waals surface area contributed by atoms with Gasteiger partial charge in [-0.15, -0.1) is 0 Å². The first-order chi connectivity index (χ1) is 12.9. The van der Waals surface area contributed by atoms with Crippen LogP contribution in [0.5, 0.6) is 11.5 Å². The van der Waals surface area contributed by atoms with E-state index in [1.54, 1.807) is 30.3 Å². The van der Waals surface area contributed by atoms with Gasteiger partial charge in [-0.05, 0) is 48.4 Å². The van der Waals surface area contributed by atoms with Crippen molar-refractivity contribution >= 4 is 41.5 Å². The summed E-state index contributed by atoms with van der Waals surface area (Å²) in [4.78, 5) is 8.58. The van der Waals surface area contributed by atoms with Crippen LogP contribution in [0.2, 0.25) is 10.0 Å².